The van der Waals surface area contributed by atoms with Crippen LogP contribution in [0.3, 0.4) is 0 Å². The summed E-state index contributed by atoms with van der Waals surface area (Å²) >= 11 is 0. The van der Waals surface area contributed by atoms with Crippen LogP contribution in [-0.4, -0.2) is 23.5 Å². The molecular weight excluding hydrogens is 290 g/mol. The Morgan fingerprint density at radius 3 is 2.35 bits per heavy atom. The standard InChI is InChI=1S/C19H21NO3/c21-18(22)11-6-14-20-19(23)17-10-5-4-9-16(17)13-12-15-7-2-1-3-8-15/h1-5,7-10H,6,11-14H2,(H,20,23)(H,21,22). The molecule has 0 saturated carbocycles. The van der Waals surface area contributed by atoms with Gasteiger partial charge in [0.2, 0.25) is 0 Å². The molecule has 2 rings (SSSR count). The molecule has 2 aromatic rings. The number of carbonyl (C=O) groups excluding carboxylic acids is 1. The Morgan fingerprint density at radius 1 is 0.913 bits per heavy atom. The molecule has 0 aliphatic rings. The first-order valence-electron chi connectivity index (χ1n) is 7.78. The smallest absolute Gasteiger partial charge is 0.303 e. The first-order chi connectivity index (χ1) is 11.2. The molecule has 0 unspecified atom stereocenters. The van der Waals surface area contributed by atoms with Gasteiger partial charge in [-0.15, -0.1) is 0 Å². The van der Waals surface area contributed by atoms with Crippen molar-refractivity contribution in [3.05, 3.63) is 71.3 Å². The minimum Gasteiger partial charge on any atom is -0.481 e. The zero-order valence-electron chi connectivity index (χ0n) is 13.0. The van der Waals surface area contributed by atoms with Gasteiger partial charge >= 0.3 is 5.97 Å². The van der Waals surface area contributed by atoms with Gasteiger partial charge in [0.05, 0.1) is 0 Å². The fraction of sp³-hybridized carbons (Fsp3) is 0.263. The molecule has 23 heavy (non-hydrogen) atoms. The second-order valence-corrected chi connectivity index (χ2v) is 5.40. The molecule has 0 atom stereocenters. The number of carboxylic acids is 1. The van der Waals surface area contributed by atoms with Crippen LogP contribution < -0.4 is 5.32 Å². The van der Waals surface area contributed by atoms with Crippen LogP contribution in [0.15, 0.2) is 54.6 Å². The molecule has 0 spiro atoms. The summed E-state index contributed by atoms with van der Waals surface area (Å²) in [5.74, 6) is -0.985. The number of benzene rings is 2. The van der Waals surface area contributed by atoms with Gasteiger partial charge < -0.3 is 10.4 Å². The highest BCUT2D eigenvalue weighted by atomic mass is 16.4. The van der Waals surface area contributed by atoms with E-state index in [2.05, 4.69) is 17.4 Å². The van der Waals surface area contributed by atoms with E-state index in [0.29, 0.717) is 18.5 Å². The van der Waals surface area contributed by atoms with Crippen molar-refractivity contribution in [2.24, 2.45) is 0 Å². The van der Waals surface area contributed by atoms with Crippen LogP contribution in [0.25, 0.3) is 0 Å². The van der Waals surface area contributed by atoms with E-state index in [-0.39, 0.29) is 12.3 Å². The van der Waals surface area contributed by atoms with E-state index in [4.69, 9.17) is 5.11 Å². The van der Waals surface area contributed by atoms with Crippen LogP contribution in [-0.2, 0) is 17.6 Å². The topological polar surface area (TPSA) is 66.4 Å². The third-order valence-corrected chi connectivity index (χ3v) is 3.64. The highest BCUT2D eigenvalue weighted by molar-refractivity contribution is 5.95. The molecular formula is C19H21NO3. The Kier molecular flexibility index (Phi) is 6.36. The largest absolute Gasteiger partial charge is 0.481 e. The van der Waals surface area contributed by atoms with E-state index in [1.807, 2.05) is 42.5 Å². The van der Waals surface area contributed by atoms with Crippen molar-refractivity contribution in [1.29, 1.82) is 0 Å². The number of hydrogen-bond acceptors (Lipinski definition) is 2. The van der Waals surface area contributed by atoms with Crippen molar-refractivity contribution in [3.8, 4) is 0 Å². The molecule has 2 aromatic carbocycles. The lowest BCUT2D eigenvalue weighted by atomic mass is 9.99. The summed E-state index contributed by atoms with van der Waals surface area (Å²) in [6.07, 6.45) is 2.18. The molecule has 1 amide bonds. The number of rotatable bonds is 8. The summed E-state index contributed by atoms with van der Waals surface area (Å²) in [6.45, 7) is 0.373. The molecule has 0 saturated heterocycles. The van der Waals surface area contributed by atoms with Crippen LogP contribution in [0.1, 0.15) is 34.3 Å². The highest BCUT2D eigenvalue weighted by Crippen LogP contribution is 2.13. The van der Waals surface area contributed by atoms with Crippen molar-refractivity contribution in [3.63, 3.8) is 0 Å². The zero-order valence-corrected chi connectivity index (χ0v) is 13.0. The minimum atomic E-state index is -0.845. The van der Waals surface area contributed by atoms with Gasteiger partial charge in [-0.1, -0.05) is 48.5 Å². The first-order valence-corrected chi connectivity index (χ1v) is 7.78. The lowest BCUT2D eigenvalue weighted by molar-refractivity contribution is -0.137. The van der Waals surface area contributed by atoms with Crippen LogP contribution >= 0.6 is 0 Å². The van der Waals surface area contributed by atoms with E-state index in [1.54, 1.807) is 0 Å². The predicted molar refractivity (Wildman–Crippen MR) is 89.5 cm³/mol. The van der Waals surface area contributed by atoms with E-state index in [1.165, 1.54) is 5.56 Å². The van der Waals surface area contributed by atoms with Crippen molar-refractivity contribution in [2.45, 2.75) is 25.7 Å². The molecule has 0 heterocycles. The fourth-order valence-electron chi connectivity index (χ4n) is 2.42. The van der Waals surface area contributed by atoms with Crippen molar-refractivity contribution >= 4 is 11.9 Å². The number of nitrogens with one attached hydrogen (secondary N) is 1. The van der Waals surface area contributed by atoms with Gasteiger partial charge in [0.15, 0.2) is 0 Å². The van der Waals surface area contributed by atoms with Crippen LogP contribution in [0.4, 0.5) is 0 Å². The van der Waals surface area contributed by atoms with E-state index >= 15 is 0 Å². The minimum absolute atomic E-state index is 0.0654. The molecule has 0 aromatic heterocycles. The molecule has 0 fully saturated rings. The number of hydrogen-bond donors (Lipinski definition) is 2. The van der Waals surface area contributed by atoms with Crippen LogP contribution in [0.5, 0.6) is 0 Å². The van der Waals surface area contributed by atoms with E-state index in [9.17, 15) is 9.59 Å². The van der Waals surface area contributed by atoms with Crippen LogP contribution in [0, 0.1) is 0 Å². The average molecular weight is 311 g/mol. The van der Waals surface area contributed by atoms with Crippen LogP contribution in [0.2, 0.25) is 0 Å². The van der Waals surface area contributed by atoms with Gasteiger partial charge in [0.25, 0.3) is 5.91 Å². The van der Waals surface area contributed by atoms with E-state index < -0.39 is 5.97 Å². The predicted octanol–water partition coefficient (Wildman–Crippen LogP) is 3.07. The lowest BCUT2D eigenvalue weighted by Gasteiger charge is -2.10. The molecule has 4 heteroatoms. The summed E-state index contributed by atoms with van der Waals surface area (Å²) in [5.41, 5.74) is 2.91. The number of aryl methyl sites for hydroxylation is 2. The summed E-state index contributed by atoms with van der Waals surface area (Å²) in [5, 5.41) is 11.4. The maximum Gasteiger partial charge on any atom is 0.303 e. The van der Waals surface area contributed by atoms with Gasteiger partial charge in [-0.25, -0.2) is 0 Å². The molecule has 0 radical (unpaired) electrons. The highest BCUT2D eigenvalue weighted by Gasteiger charge is 2.10. The quantitative estimate of drug-likeness (QED) is 0.736. The number of carbonyl (C=O) groups is 2. The molecule has 0 bridgehead atoms. The number of aliphatic carboxylic acids is 1. The summed E-state index contributed by atoms with van der Waals surface area (Å²) in [6, 6.07) is 17.7. The van der Waals surface area contributed by atoms with Gasteiger partial charge in [0.1, 0.15) is 0 Å². The third kappa shape index (κ3) is 5.58. The molecule has 4 nitrogen and oxygen atoms in total. The molecule has 0 aliphatic carbocycles. The van der Waals surface area contributed by atoms with Gasteiger partial charge in [-0.3, -0.25) is 9.59 Å². The Balaban J connectivity index is 1.93. The van der Waals surface area contributed by atoms with Crippen molar-refractivity contribution in [2.75, 3.05) is 6.54 Å². The Hall–Kier alpha value is -2.62. The third-order valence-electron chi connectivity index (χ3n) is 3.64. The average Bonchev–Trinajstić information content (AvgIpc) is 2.58. The first kappa shape index (κ1) is 16.7. The SMILES string of the molecule is O=C(O)CCCNC(=O)c1ccccc1CCc1ccccc1. The normalized spacial score (nSPS) is 10.3. The Morgan fingerprint density at radius 2 is 1.61 bits per heavy atom. The second-order valence-electron chi connectivity index (χ2n) is 5.40. The molecule has 120 valence electrons. The summed E-state index contributed by atoms with van der Waals surface area (Å²) < 4.78 is 0. The summed E-state index contributed by atoms with van der Waals surface area (Å²) in [4.78, 5) is 22.7. The van der Waals surface area contributed by atoms with Gasteiger partial charge in [-0.2, -0.15) is 0 Å². The number of amides is 1. The molecule has 0 aliphatic heterocycles. The maximum atomic E-state index is 12.3. The zero-order chi connectivity index (χ0) is 16.5. The van der Waals surface area contributed by atoms with Crippen molar-refractivity contribution < 1.29 is 14.7 Å². The second kappa shape index (κ2) is 8.73. The molecule has 2 N–H and O–H groups in total. The van der Waals surface area contributed by atoms with E-state index in [0.717, 1.165) is 18.4 Å². The summed E-state index contributed by atoms with van der Waals surface area (Å²) in [7, 11) is 0. The Bertz CT molecular complexity index is 653. The van der Waals surface area contributed by atoms with Gasteiger partial charge in [-0.05, 0) is 36.5 Å². The Labute approximate surface area is 136 Å². The lowest BCUT2D eigenvalue weighted by Crippen LogP contribution is -2.26. The number of carboxylic acid groups (broad SMARTS) is 1. The maximum absolute atomic E-state index is 12.3. The van der Waals surface area contributed by atoms with Gasteiger partial charge in [0, 0.05) is 18.5 Å². The monoisotopic (exact) mass is 311 g/mol. The fourth-order valence-corrected chi connectivity index (χ4v) is 2.42. The van der Waals surface area contributed by atoms with Crippen molar-refractivity contribution in [1.82, 2.24) is 5.32 Å².